The molecule has 4 nitrogen and oxygen atoms in total. The number of esters is 1. The summed E-state index contributed by atoms with van der Waals surface area (Å²) < 4.78 is 4.89. The maximum absolute atomic E-state index is 11.8. The Morgan fingerprint density at radius 3 is 2.52 bits per heavy atom. The van der Waals surface area contributed by atoms with Crippen molar-refractivity contribution >= 4 is 28.9 Å². The molecule has 0 aliphatic carbocycles. The van der Waals surface area contributed by atoms with Crippen LogP contribution < -0.4 is 5.32 Å². The molecule has 5 heteroatoms. The van der Waals surface area contributed by atoms with Gasteiger partial charge < -0.3 is 10.1 Å². The van der Waals surface area contributed by atoms with Crippen molar-refractivity contribution in [3.63, 3.8) is 0 Å². The Bertz CT molecular complexity index is 590. The summed E-state index contributed by atoms with van der Waals surface area (Å²) in [5.41, 5.74) is 1.59. The monoisotopic (exact) mass is 303 g/mol. The maximum Gasteiger partial charge on any atom is 0.310 e. The molecule has 0 spiro atoms. The van der Waals surface area contributed by atoms with E-state index in [1.165, 1.54) is 0 Å². The normalized spacial score (nSPS) is 10.1. The summed E-state index contributed by atoms with van der Waals surface area (Å²) in [6, 6.07) is 11.1. The average Bonchev–Trinajstić information content (AvgIpc) is 2.94. The number of carbonyl (C=O) groups excluding carboxylic acids is 2. The molecule has 110 valence electrons. The van der Waals surface area contributed by atoms with Crippen LogP contribution in [0.5, 0.6) is 0 Å². The standard InChI is InChI=1S/C16H17NO3S/c1-2-20-16(19)10-12-5-7-13(8-6-12)17-15(18)11-14-4-3-9-21-14/h3-9H,2,10-11H2,1H3,(H,17,18). The third-order valence-corrected chi connectivity index (χ3v) is 3.68. The maximum atomic E-state index is 11.8. The van der Waals surface area contributed by atoms with Gasteiger partial charge in [-0.3, -0.25) is 9.59 Å². The Kier molecular flexibility index (Phi) is 5.51. The zero-order chi connectivity index (χ0) is 15.1. The molecule has 1 amide bonds. The summed E-state index contributed by atoms with van der Waals surface area (Å²) in [6.07, 6.45) is 0.625. The molecule has 0 saturated heterocycles. The first-order valence-corrected chi connectivity index (χ1v) is 7.62. The van der Waals surface area contributed by atoms with Crippen LogP contribution in [-0.2, 0) is 27.2 Å². The van der Waals surface area contributed by atoms with Gasteiger partial charge in [0.2, 0.25) is 5.91 Å². The fourth-order valence-electron chi connectivity index (χ4n) is 1.86. The van der Waals surface area contributed by atoms with Crippen molar-refractivity contribution in [2.45, 2.75) is 19.8 Å². The third kappa shape index (κ3) is 5.04. The third-order valence-electron chi connectivity index (χ3n) is 2.81. The van der Waals surface area contributed by atoms with E-state index in [0.29, 0.717) is 13.0 Å². The molecule has 2 aromatic rings. The van der Waals surface area contributed by atoms with Crippen LogP contribution in [0.15, 0.2) is 41.8 Å². The molecule has 2 rings (SSSR count). The molecule has 1 aromatic heterocycles. The number of amides is 1. The number of benzene rings is 1. The van der Waals surface area contributed by atoms with Gasteiger partial charge in [-0.15, -0.1) is 11.3 Å². The number of ether oxygens (including phenoxy) is 1. The Morgan fingerprint density at radius 2 is 1.90 bits per heavy atom. The van der Waals surface area contributed by atoms with Gasteiger partial charge in [0.15, 0.2) is 0 Å². The van der Waals surface area contributed by atoms with Gasteiger partial charge >= 0.3 is 5.97 Å². The van der Waals surface area contributed by atoms with E-state index in [1.54, 1.807) is 30.4 Å². The summed E-state index contributed by atoms with van der Waals surface area (Å²) in [6.45, 7) is 2.17. The fourth-order valence-corrected chi connectivity index (χ4v) is 2.56. The van der Waals surface area contributed by atoms with Gasteiger partial charge in [0.1, 0.15) is 0 Å². The lowest BCUT2D eigenvalue weighted by Crippen LogP contribution is -2.13. The molecule has 0 fully saturated rings. The molecule has 1 N–H and O–H groups in total. The number of rotatable bonds is 6. The van der Waals surface area contributed by atoms with Crippen molar-refractivity contribution in [3.05, 3.63) is 52.2 Å². The van der Waals surface area contributed by atoms with Gasteiger partial charge in [-0.05, 0) is 36.1 Å². The second-order valence-corrected chi connectivity index (χ2v) is 5.52. The van der Waals surface area contributed by atoms with Crippen molar-refractivity contribution in [1.29, 1.82) is 0 Å². The Morgan fingerprint density at radius 1 is 1.14 bits per heavy atom. The predicted octanol–water partition coefficient (Wildman–Crippen LogP) is 3.03. The van der Waals surface area contributed by atoms with Crippen LogP contribution in [0, 0.1) is 0 Å². The lowest BCUT2D eigenvalue weighted by Gasteiger charge is -2.06. The smallest absolute Gasteiger partial charge is 0.310 e. The van der Waals surface area contributed by atoms with Crippen molar-refractivity contribution in [2.75, 3.05) is 11.9 Å². The van der Waals surface area contributed by atoms with Gasteiger partial charge in [-0.1, -0.05) is 18.2 Å². The van der Waals surface area contributed by atoms with Crippen LogP contribution in [0.3, 0.4) is 0 Å². The number of hydrogen-bond acceptors (Lipinski definition) is 4. The molecule has 0 radical (unpaired) electrons. The van der Waals surface area contributed by atoms with E-state index >= 15 is 0 Å². The Balaban J connectivity index is 1.87. The highest BCUT2D eigenvalue weighted by Crippen LogP contribution is 2.13. The number of carbonyl (C=O) groups is 2. The molecule has 0 aliphatic heterocycles. The van der Waals surface area contributed by atoms with Crippen molar-refractivity contribution < 1.29 is 14.3 Å². The molecule has 0 atom stereocenters. The Labute approximate surface area is 127 Å². The summed E-state index contributed by atoms with van der Waals surface area (Å²) in [7, 11) is 0. The number of nitrogens with one attached hydrogen (secondary N) is 1. The zero-order valence-corrected chi connectivity index (χ0v) is 12.6. The fraction of sp³-hybridized carbons (Fsp3) is 0.250. The van der Waals surface area contributed by atoms with Crippen LogP contribution in [0.25, 0.3) is 0 Å². The van der Waals surface area contributed by atoms with Gasteiger partial charge in [0, 0.05) is 10.6 Å². The number of thiophene rings is 1. The van der Waals surface area contributed by atoms with Crippen LogP contribution in [0.2, 0.25) is 0 Å². The van der Waals surface area contributed by atoms with Crippen molar-refractivity contribution in [2.24, 2.45) is 0 Å². The Hall–Kier alpha value is -2.14. The second-order valence-electron chi connectivity index (χ2n) is 4.48. The van der Waals surface area contributed by atoms with E-state index in [4.69, 9.17) is 4.74 Å². The number of hydrogen-bond donors (Lipinski definition) is 1. The minimum atomic E-state index is -0.244. The summed E-state index contributed by atoms with van der Waals surface area (Å²) in [4.78, 5) is 24.2. The quantitative estimate of drug-likeness (QED) is 0.835. The highest BCUT2D eigenvalue weighted by Gasteiger charge is 2.06. The molecular weight excluding hydrogens is 286 g/mol. The molecule has 1 heterocycles. The van der Waals surface area contributed by atoms with Crippen LogP contribution in [0.1, 0.15) is 17.4 Å². The topological polar surface area (TPSA) is 55.4 Å². The van der Waals surface area contributed by atoms with Gasteiger partial charge in [0.25, 0.3) is 0 Å². The van der Waals surface area contributed by atoms with Crippen LogP contribution in [0.4, 0.5) is 5.69 Å². The summed E-state index contributed by atoms with van der Waals surface area (Å²) in [5.74, 6) is -0.289. The van der Waals surface area contributed by atoms with Gasteiger partial charge in [-0.2, -0.15) is 0 Å². The molecular formula is C16H17NO3S. The second kappa shape index (κ2) is 7.59. The molecule has 0 aliphatic rings. The first kappa shape index (κ1) is 15.3. The highest BCUT2D eigenvalue weighted by molar-refractivity contribution is 7.10. The largest absolute Gasteiger partial charge is 0.466 e. The van der Waals surface area contributed by atoms with Crippen molar-refractivity contribution in [1.82, 2.24) is 0 Å². The predicted molar refractivity (Wildman–Crippen MR) is 83.4 cm³/mol. The van der Waals surface area contributed by atoms with E-state index in [0.717, 1.165) is 16.1 Å². The zero-order valence-electron chi connectivity index (χ0n) is 11.8. The summed E-state index contributed by atoms with van der Waals surface area (Å²) >= 11 is 1.56. The number of anilines is 1. The highest BCUT2D eigenvalue weighted by atomic mass is 32.1. The molecule has 21 heavy (non-hydrogen) atoms. The molecule has 1 aromatic carbocycles. The van der Waals surface area contributed by atoms with Gasteiger partial charge in [0.05, 0.1) is 19.4 Å². The van der Waals surface area contributed by atoms with E-state index in [1.807, 2.05) is 29.6 Å². The van der Waals surface area contributed by atoms with Crippen LogP contribution >= 0.6 is 11.3 Å². The van der Waals surface area contributed by atoms with Crippen molar-refractivity contribution in [3.8, 4) is 0 Å². The van der Waals surface area contributed by atoms with Crippen LogP contribution in [-0.4, -0.2) is 18.5 Å². The average molecular weight is 303 g/mol. The molecule has 0 unspecified atom stereocenters. The molecule has 0 saturated carbocycles. The molecule has 0 bridgehead atoms. The summed E-state index contributed by atoms with van der Waals surface area (Å²) in [5, 5.41) is 4.79. The first-order chi connectivity index (χ1) is 10.2. The minimum absolute atomic E-state index is 0.0457. The SMILES string of the molecule is CCOC(=O)Cc1ccc(NC(=O)Cc2cccs2)cc1. The van der Waals surface area contributed by atoms with E-state index in [-0.39, 0.29) is 18.3 Å². The van der Waals surface area contributed by atoms with E-state index in [2.05, 4.69) is 5.32 Å². The van der Waals surface area contributed by atoms with Gasteiger partial charge in [-0.25, -0.2) is 0 Å². The lowest BCUT2D eigenvalue weighted by atomic mass is 10.1. The van der Waals surface area contributed by atoms with E-state index in [9.17, 15) is 9.59 Å². The van der Waals surface area contributed by atoms with E-state index < -0.39 is 0 Å². The lowest BCUT2D eigenvalue weighted by molar-refractivity contribution is -0.142. The first-order valence-electron chi connectivity index (χ1n) is 6.74. The minimum Gasteiger partial charge on any atom is -0.466 e.